The minimum atomic E-state index is -1.26. The third kappa shape index (κ3) is 23.9. The van der Waals surface area contributed by atoms with Crippen LogP contribution in [0.1, 0.15) is 39.0 Å². The molecule has 0 aromatic rings. The Bertz CT molecular complexity index is 253. The van der Waals surface area contributed by atoms with Gasteiger partial charge in [-0.05, 0) is 19.3 Å². The van der Waals surface area contributed by atoms with Gasteiger partial charge in [0, 0.05) is 18.8 Å². The van der Waals surface area contributed by atoms with Crippen LogP contribution in [0.25, 0.3) is 0 Å². The normalized spacial score (nSPS) is 10.3. The molecule has 5 heteroatoms. The largest absolute Gasteiger partial charge is 0.478 e. The molecule has 0 saturated carbocycles. The first-order valence-corrected chi connectivity index (χ1v) is 5.94. The van der Waals surface area contributed by atoms with Crippen molar-refractivity contribution >= 4 is 11.9 Å². The molecule has 0 bridgehead atoms. The topological polar surface area (TPSA) is 94.8 Å². The lowest BCUT2D eigenvalue weighted by molar-refractivity contribution is -0.134. The number of carboxylic acid groups (broad SMARTS) is 2. The zero-order valence-electron chi connectivity index (χ0n) is 10.7. The molecular weight excluding hydrogens is 236 g/mol. The molecule has 0 amide bonds. The van der Waals surface area contributed by atoms with Gasteiger partial charge in [-0.3, -0.25) is 0 Å². The van der Waals surface area contributed by atoms with Gasteiger partial charge in [0.15, 0.2) is 0 Å². The summed E-state index contributed by atoms with van der Waals surface area (Å²) < 4.78 is 0. The van der Waals surface area contributed by atoms with Gasteiger partial charge in [0.1, 0.15) is 0 Å². The molecule has 0 aliphatic rings. The molecule has 0 atom stereocenters. The predicted octanol–water partition coefficient (Wildman–Crippen LogP) is 2.22. The van der Waals surface area contributed by atoms with E-state index in [1.165, 1.54) is 25.7 Å². The third-order valence-electron chi connectivity index (χ3n) is 1.81. The van der Waals surface area contributed by atoms with Crippen molar-refractivity contribution in [2.75, 3.05) is 6.61 Å². The Balaban J connectivity index is 0. The van der Waals surface area contributed by atoms with Crippen LogP contribution in [0, 0.1) is 0 Å². The minimum absolute atomic E-state index is 0.282. The van der Waals surface area contributed by atoms with Crippen LogP contribution >= 0.6 is 0 Å². The second-order valence-electron chi connectivity index (χ2n) is 3.49. The van der Waals surface area contributed by atoms with Gasteiger partial charge in [-0.2, -0.15) is 0 Å². The maximum absolute atomic E-state index is 9.55. The number of rotatable bonds is 8. The van der Waals surface area contributed by atoms with Crippen LogP contribution in [0.4, 0.5) is 0 Å². The summed E-state index contributed by atoms with van der Waals surface area (Å²) in [5.41, 5.74) is 0. The van der Waals surface area contributed by atoms with E-state index in [0.717, 1.165) is 6.42 Å². The van der Waals surface area contributed by atoms with Crippen LogP contribution in [0.5, 0.6) is 0 Å². The molecular formula is C13H22O5. The van der Waals surface area contributed by atoms with Crippen molar-refractivity contribution in [3.8, 4) is 0 Å². The molecule has 3 N–H and O–H groups in total. The van der Waals surface area contributed by atoms with E-state index in [-0.39, 0.29) is 6.61 Å². The molecule has 104 valence electrons. The fraction of sp³-hybridized carbons (Fsp3) is 0.538. The Labute approximate surface area is 107 Å². The zero-order valence-corrected chi connectivity index (χ0v) is 10.7. The van der Waals surface area contributed by atoms with Crippen molar-refractivity contribution in [2.24, 2.45) is 0 Å². The summed E-state index contributed by atoms with van der Waals surface area (Å²) in [5.74, 6) is -2.51. The average Bonchev–Trinajstić information content (AvgIpc) is 2.32. The highest BCUT2D eigenvalue weighted by Crippen LogP contribution is 1.99. The van der Waals surface area contributed by atoms with Crippen LogP contribution in [-0.4, -0.2) is 33.9 Å². The van der Waals surface area contributed by atoms with Gasteiger partial charge in [0.25, 0.3) is 0 Å². The Morgan fingerprint density at radius 3 is 1.83 bits per heavy atom. The lowest BCUT2D eigenvalue weighted by Crippen LogP contribution is -1.91. The summed E-state index contributed by atoms with van der Waals surface area (Å²) in [6.45, 7) is 2.49. The highest BCUT2D eigenvalue weighted by Gasteiger charge is 1.88. The zero-order chi connectivity index (χ0) is 14.2. The molecule has 0 spiro atoms. The van der Waals surface area contributed by atoms with Crippen LogP contribution in [-0.2, 0) is 9.59 Å². The van der Waals surface area contributed by atoms with Crippen molar-refractivity contribution in [1.29, 1.82) is 0 Å². The molecule has 0 fully saturated rings. The minimum Gasteiger partial charge on any atom is -0.478 e. The fourth-order valence-electron chi connectivity index (χ4n) is 0.965. The highest BCUT2D eigenvalue weighted by atomic mass is 16.4. The van der Waals surface area contributed by atoms with Crippen LogP contribution in [0.2, 0.25) is 0 Å². The second-order valence-corrected chi connectivity index (χ2v) is 3.49. The monoisotopic (exact) mass is 258 g/mol. The first-order valence-electron chi connectivity index (χ1n) is 5.94. The van der Waals surface area contributed by atoms with Gasteiger partial charge in [0.2, 0.25) is 0 Å². The van der Waals surface area contributed by atoms with E-state index in [4.69, 9.17) is 15.3 Å². The van der Waals surface area contributed by atoms with Crippen molar-refractivity contribution in [3.05, 3.63) is 24.3 Å². The Morgan fingerprint density at radius 1 is 0.944 bits per heavy atom. The van der Waals surface area contributed by atoms with E-state index in [0.29, 0.717) is 12.2 Å². The van der Waals surface area contributed by atoms with Crippen LogP contribution in [0.15, 0.2) is 24.3 Å². The third-order valence-corrected chi connectivity index (χ3v) is 1.81. The van der Waals surface area contributed by atoms with Crippen LogP contribution in [0.3, 0.4) is 0 Å². The number of aliphatic hydroxyl groups is 1. The quantitative estimate of drug-likeness (QED) is 0.352. The number of hydrogen-bond donors (Lipinski definition) is 3. The molecule has 0 rings (SSSR count). The smallest absolute Gasteiger partial charge is 0.328 e. The fourth-order valence-corrected chi connectivity index (χ4v) is 0.965. The van der Waals surface area contributed by atoms with E-state index >= 15 is 0 Å². The van der Waals surface area contributed by atoms with Gasteiger partial charge >= 0.3 is 11.9 Å². The first kappa shape index (κ1) is 18.7. The highest BCUT2D eigenvalue weighted by molar-refractivity contribution is 5.89. The first-order chi connectivity index (χ1) is 8.54. The van der Waals surface area contributed by atoms with E-state index < -0.39 is 11.9 Å². The van der Waals surface area contributed by atoms with Gasteiger partial charge in [-0.1, -0.05) is 31.9 Å². The molecule has 0 aliphatic heterocycles. The van der Waals surface area contributed by atoms with E-state index in [1.54, 1.807) is 0 Å². The van der Waals surface area contributed by atoms with Crippen LogP contribution < -0.4 is 0 Å². The lowest BCUT2D eigenvalue weighted by Gasteiger charge is -1.90. The van der Waals surface area contributed by atoms with E-state index in [9.17, 15) is 9.59 Å². The van der Waals surface area contributed by atoms with Crippen molar-refractivity contribution in [2.45, 2.75) is 39.0 Å². The molecule has 0 aromatic carbocycles. The molecule has 0 heterocycles. The van der Waals surface area contributed by atoms with Gasteiger partial charge in [-0.15, -0.1) is 0 Å². The molecule has 18 heavy (non-hydrogen) atoms. The van der Waals surface area contributed by atoms with E-state index in [2.05, 4.69) is 19.1 Å². The number of carboxylic acids is 2. The summed E-state index contributed by atoms with van der Waals surface area (Å²) in [4.78, 5) is 19.1. The second kappa shape index (κ2) is 15.4. The molecule has 0 saturated heterocycles. The number of aliphatic hydroxyl groups excluding tert-OH is 1. The number of hydrogen-bond acceptors (Lipinski definition) is 3. The number of aliphatic carboxylic acids is 2. The predicted molar refractivity (Wildman–Crippen MR) is 69.4 cm³/mol. The molecule has 5 nitrogen and oxygen atoms in total. The van der Waals surface area contributed by atoms with Crippen molar-refractivity contribution in [1.82, 2.24) is 0 Å². The van der Waals surface area contributed by atoms with Crippen molar-refractivity contribution < 1.29 is 24.9 Å². The number of carbonyl (C=O) groups is 2. The lowest BCUT2D eigenvalue weighted by atomic mass is 10.2. The molecule has 0 aliphatic carbocycles. The Hall–Kier alpha value is -1.62. The average molecular weight is 258 g/mol. The number of unbranched alkanes of at least 4 members (excludes halogenated alkanes) is 3. The molecule has 0 radical (unpaired) electrons. The SMILES string of the molecule is CCCCCC=CCCO.O=C(O)/C=C\C(=O)O. The maximum atomic E-state index is 9.55. The number of allylic oxidation sites excluding steroid dienone is 1. The van der Waals surface area contributed by atoms with Crippen molar-refractivity contribution in [3.63, 3.8) is 0 Å². The van der Waals surface area contributed by atoms with Gasteiger partial charge in [0.05, 0.1) is 0 Å². The standard InChI is InChI=1S/C9H18O.C4H4O4/c1-2-3-4-5-6-7-8-9-10;5-3(6)1-2-4(7)8/h6-7,10H,2-5,8-9H2,1H3;1-2H,(H,5,6)(H,7,8)/b;2-1-. The van der Waals surface area contributed by atoms with Gasteiger partial charge < -0.3 is 15.3 Å². The summed E-state index contributed by atoms with van der Waals surface area (Å²) in [5, 5.41) is 24.0. The molecule has 0 unspecified atom stereocenters. The summed E-state index contributed by atoms with van der Waals surface area (Å²) in [7, 11) is 0. The maximum Gasteiger partial charge on any atom is 0.328 e. The van der Waals surface area contributed by atoms with E-state index in [1.807, 2.05) is 0 Å². The molecule has 0 aromatic heterocycles. The summed E-state index contributed by atoms with van der Waals surface area (Å²) in [6, 6.07) is 0. The Kier molecular flexibility index (Phi) is 16.0. The summed E-state index contributed by atoms with van der Waals surface area (Å²) >= 11 is 0. The summed E-state index contributed by atoms with van der Waals surface area (Å²) in [6.07, 6.45) is 11.2. The Morgan fingerprint density at radius 2 is 1.44 bits per heavy atom. The van der Waals surface area contributed by atoms with Gasteiger partial charge in [-0.25, -0.2) is 9.59 Å².